The number of aryl methyl sites for hydroxylation is 1. The third-order valence-corrected chi connectivity index (χ3v) is 5.04. The molecule has 1 atom stereocenters. The van der Waals surface area contributed by atoms with Crippen molar-refractivity contribution in [2.75, 3.05) is 25.0 Å². The Kier molecular flexibility index (Phi) is 7.28. The molecule has 1 aliphatic heterocycles. The van der Waals surface area contributed by atoms with E-state index < -0.39 is 5.60 Å². The predicted molar refractivity (Wildman–Crippen MR) is 111 cm³/mol. The highest BCUT2D eigenvalue weighted by Gasteiger charge is 2.36. The SMILES string of the molecule is Cc1cc(Br)ccc1NC(=O)CCNC(C)C1CN(C(=O)OC(C)(C)C)C1. The number of rotatable bonds is 6. The number of ether oxygens (including phenoxy) is 1. The van der Waals surface area contributed by atoms with Gasteiger partial charge >= 0.3 is 6.09 Å². The van der Waals surface area contributed by atoms with Crippen molar-refractivity contribution in [3.05, 3.63) is 28.2 Å². The molecule has 1 unspecified atom stereocenters. The van der Waals surface area contributed by atoms with Gasteiger partial charge in [-0.05, 0) is 58.4 Å². The number of carbonyl (C=O) groups is 2. The molecule has 0 saturated carbocycles. The number of halogens is 1. The van der Waals surface area contributed by atoms with E-state index in [1.165, 1.54) is 0 Å². The van der Waals surface area contributed by atoms with Crippen molar-refractivity contribution in [3.63, 3.8) is 0 Å². The monoisotopic (exact) mass is 439 g/mol. The predicted octanol–water partition coefficient (Wildman–Crippen LogP) is 3.93. The minimum atomic E-state index is -0.466. The Morgan fingerprint density at radius 1 is 1.33 bits per heavy atom. The lowest BCUT2D eigenvalue weighted by atomic mass is 9.93. The van der Waals surface area contributed by atoms with Crippen LogP contribution < -0.4 is 10.6 Å². The maximum Gasteiger partial charge on any atom is 0.410 e. The largest absolute Gasteiger partial charge is 0.444 e. The highest BCUT2D eigenvalue weighted by molar-refractivity contribution is 9.10. The van der Waals surface area contributed by atoms with Gasteiger partial charge in [0.2, 0.25) is 5.91 Å². The molecular formula is C20H30BrN3O3. The van der Waals surface area contributed by atoms with Gasteiger partial charge in [0.05, 0.1) is 0 Å². The number of amides is 2. The fraction of sp³-hybridized carbons (Fsp3) is 0.600. The molecule has 0 aliphatic carbocycles. The van der Waals surface area contributed by atoms with Crippen LogP contribution in [0.15, 0.2) is 22.7 Å². The summed E-state index contributed by atoms with van der Waals surface area (Å²) in [7, 11) is 0. The van der Waals surface area contributed by atoms with Crippen LogP contribution >= 0.6 is 15.9 Å². The quantitative estimate of drug-likeness (QED) is 0.703. The molecule has 2 N–H and O–H groups in total. The fourth-order valence-electron chi connectivity index (χ4n) is 2.86. The summed E-state index contributed by atoms with van der Waals surface area (Å²) in [5, 5.41) is 6.33. The molecule has 150 valence electrons. The zero-order valence-corrected chi connectivity index (χ0v) is 18.4. The van der Waals surface area contributed by atoms with Crippen LogP contribution in [0.5, 0.6) is 0 Å². The Bertz CT molecular complexity index is 682. The second kappa shape index (κ2) is 9.06. The molecule has 1 aromatic carbocycles. The number of likely N-dealkylation sites (tertiary alicyclic amines) is 1. The molecule has 1 heterocycles. The van der Waals surface area contributed by atoms with Crippen LogP contribution in [0.3, 0.4) is 0 Å². The molecule has 1 aliphatic rings. The Hall–Kier alpha value is -1.60. The van der Waals surface area contributed by atoms with Gasteiger partial charge in [-0.3, -0.25) is 4.79 Å². The minimum absolute atomic E-state index is 0.0101. The molecule has 0 spiro atoms. The van der Waals surface area contributed by atoms with E-state index in [2.05, 4.69) is 33.5 Å². The molecule has 1 saturated heterocycles. The molecule has 1 aromatic rings. The molecule has 7 heteroatoms. The van der Waals surface area contributed by atoms with E-state index >= 15 is 0 Å². The van der Waals surface area contributed by atoms with Gasteiger partial charge in [0.15, 0.2) is 0 Å². The van der Waals surface area contributed by atoms with Gasteiger partial charge in [0.1, 0.15) is 5.60 Å². The lowest BCUT2D eigenvalue weighted by Gasteiger charge is -2.42. The first kappa shape index (κ1) is 21.7. The maximum atomic E-state index is 12.1. The van der Waals surface area contributed by atoms with Crippen molar-refractivity contribution in [2.24, 2.45) is 5.92 Å². The molecule has 1 fully saturated rings. The standard InChI is InChI=1S/C20H30BrN3O3/c1-13-10-16(21)6-7-17(13)23-18(25)8-9-22-14(2)15-11-24(12-15)19(26)27-20(3,4)5/h6-7,10,14-15,22H,8-9,11-12H2,1-5H3,(H,23,25). The lowest BCUT2D eigenvalue weighted by molar-refractivity contribution is -0.116. The Balaban J connectivity index is 1.66. The Morgan fingerprint density at radius 2 is 2.00 bits per heavy atom. The number of hydrogen-bond donors (Lipinski definition) is 2. The van der Waals surface area contributed by atoms with E-state index in [-0.39, 0.29) is 18.0 Å². The summed E-state index contributed by atoms with van der Waals surface area (Å²) in [6.07, 6.45) is 0.151. The van der Waals surface area contributed by atoms with Crippen LogP contribution in [0, 0.1) is 12.8 Å². The topological polar surface area (TPSA) is 70.7 Å². The van der Waals surface area contributed by atoms with Gasteiger partial charge in [-0.2, -0.15) is 0 Å². The van der Waals surface area contributed by atoms with Crippen LogP contribution in [0.2, 0.25) is 0 Å². The zero-order valence-electron chi connectivity index (χ0n) is 16.8. The van der Waals surface area contributed by atoms with Crippen LogP contribution in [-0.4, -0.2) is 48.2 Å². The van der Waals surface area contributed by atoms with Crippen molar-refractivity contribution in [1.29, 1.82) is 0 Å². The van der Waals surface area contributed by atoms with Crippen molar-refractivity contribution >= 4 is 33.6 Å². The second-order valence-corrected chi connectivity index (χ2v) is 9.06. The van der Waals surface area contributed by atoms with E-state index in [1.54, 1.807) is 4.90 Å². The number of nitrogens with zero attached hydrogens (tertiary/aromatic N) is 1. The summed E-state index contributed by atoms with van der Waals surface area (Å²) in [5.74, 6) is 0.374. The third-order valence-electron chi connectivity index (χ3n) is 4.55. The normalized spacial score (nSPS) is 15.9. The summed E-state index contributed by atoms with van der Waals surface area (Å²) >= 11 is 3.42. The van der Waals surface area contributed by atoms with Crippen molar-refractivity contribution < 1.29 is 14.3 Å². The molecule has 0 radical (unpaired) electrons. The summed E-state index contributed by atoms with van der Waals surface area (Å²) < 4.78 is 6.36. The summed E-state index contributed by atoms with van der Waals surface area (Å²) in [6, 6.07) is 6.03. The molecule has 0 bridgehead atoms. The van der Waals surface area contributed by atoms with Gasteiger partial charge in [-0.15, -0.1) is 0 Å². The average Bonchev–Trinajstić information content (AvgIpc) is 2.46. The number of hydrogen-bond acceptors (Lipinski definition) is 4. The van der Waals surface area contributed by atoms with Gasteiger partial charge in [-0.25, -0.2) is 4.79 Å². The van der Waals surface area contributed by atoms with E-state index in [0.717, 1.165) is 15.7 Å². The van der Waals surface area contributed by atoms with Crippen LogP contribution in [0.25, 0.3) is 0 Å². The fourth-order valence-corrected chi connectivity index (χ4v) is 3.34. The van der Waals surface area contributed by atoms with E-state index in [1.807, 2.05) is 45.9 Å². The van der Waals surface area contributed by atoms with Gasteiger partial charge in [0.25, 0.3) is 0 Å². The molecular weight excluding hydrogens is 410 g/mol. The second-order valence-electron chi connectivity index (χ2n) is 8.15. The van der Waals surface area contributed by atoms with Gasteiger partial charge < -0.3 is 20.3 Å². The zero-order chi connectivity index (χ0) is 20.2. The van der Waals surface area contributed by atoms with Crippen LogP contribution in [0.1, 0.15) is 39.7 Å². The minimum Gasteiger partial charge on any atom is -0.444 e. The van der Waals surface area contributed by atoms with Crippen molar-refractivity contribution in [1.82, 2.24) is 10.2 Å². The number of nitrogens with one attached hydrogen (secondary N) is 2. The van der Waals surface area contributed by atoms with E-state index in [4.69, 9.17) is 4.74 Å². The molecule has 2 amide bonds. The Morgan fingerprint density at radius 3 is 2.59 bits per heavy atom. The van der Waals surface area contributed by atoms with Crippen molar-refractivity contribution in [2.45, 2.75) is 52.7 Å². The first-order valence-corrected chi connectivity index (χ1v) is 10.1. The highest BCUT2D eigenvalue weighted by Crippen LogP contribution is 2.22. The smallest absolute Gasteiger partial charge is 0.410 e. The number of benzene rings is 1. The summed E-state index contributed by atoms with van der Waals surface area (Å²) in [5.41, 5.74) is 1.39. The lowest BCUT2D eigenvalue weighted by Crippen LogP contribution is -2.57. The molecule has 6 nitrogen and oxygen atoms in total. The maximum absolute atomic E-state index is 12.1. The molecule has 2 rings (SSSR count). The van der Waals surface area contributed by atoms with Crippen LogP contribution in [0.4, 0.5) is 10.5 Å². The molecule has 27 heavy (non-hydrogen) atoms. The Labute approximate surface area is 170 Å². The van der Waals surface area contributed by atoms with Gasteiger partial charge in [-0.1, -0.05) is 15.9 Å². The molecule has 0 aromatic heterocycles. The van der Waals surface area contributed by atoms with Crippen molar-refractivity contribution in [3.8, 4) is 0 Å². The average molecular weight is 440 g/mol. The van der Waals surface area contributed by atoms with E-state index in [0.29, 0.717) is 32.0 Å². The first-order chi connectivity index (χ1) is 12.5. The number of anilines is 1. The summed E-state index contributed by atoms with van der Waals surface area (Å²) in [4.78, 5) is 25.8. The van der Waals surface area contributed by atoms with Gasteiger partial charge in [0, 0.05) is 48.2 Å². The summed E-state index contributed by atoms with van der Waals surface area (Å²) in [6.45, 7) is 11.6. The number of carbonyl (C=O) groups excluding carboxylic acids is 2. The first-order valence-electron chi connectivity index (χ1n) is 9.32. The third kappa shape index (κ3) is 6.81. The van der Waals surface area contributed by atoms with E-state index in [9.17, 15) is 9.59 Å². The van der Waals surface area contributed by atoms with Crippen LogP contribution in [-0.2, 0) is 9.53 Å². The highest BCUT2D eigenvalue weighted by atomic mass is 79.9.